The van der Waals surface area contributed by atoms with Gasteiger partial charge in [-0.25, -0.2) is 0 Å². The maximum absolute atomic E-state index is 12.1. The van der Waals surface area contributed by atoms with Gasteiger partial charge in [0.25, 0.3) is 0 Å². The number of halogens is 1. The molecule has 0 aliphatic carbocycles. The Morgan fingerprint density at radius 1 is 1.41 bits per heavy atom. The lowest BCUT2D eigenvalue weighted by molar-refractivity contribution is 0.0966. The van der Waals surface area contributed by atoms with Crippen LogP contribution in [0.4, 0.5) is 0 Å². The van der Waals surface area contributed by atoms with Crippen LogP contribution in [-0.4, -0.2) is 15.6 Å². The highest BCUT2D eigenvalue weighted by atomic mass is 79.9. The first kappa shape index (κ1) is 14.4. The first-order valence-corrected chi connectivity index (χ1v) is 7.13. The zero-order valence-electron chi connectivity index (χ0n) is 10.9. The molecule has 0 spiro atoms. The van der Waals surface area contributed by atoms with Crippen molar-refractivity contribution in [1.82, 2.24) is 9.78 Å². The molecule has 0 fully saturated rings. The minimum Gasteiger partial charge on any atom is -0.292 e. The first-order valence-electron chi connectivity index (χ1n) is 6.34. The second-order valence-corrected chi connectivity index (χ2v) is 5.47. The van der Waals surface area contributed by atoms with Crippen molar-refractivity contribution >= 4 is 21.7 Å². The summed E-state index contributed by atoms with van der Waals surface area (Å²) in [4.78, 5) is 12.1. The van der Waals surface area contributed by atoms with Crippen molar-refractivity contribution in [3.63, 3.8) is 0 Å². The fourth-order valence-electron chi connectivity index (χ4n) is 1.82. The van der Waals surface area contributed by atoms with Gasteiger partial charge in [-0.15, -0.1) is 0 Å². The highest BCUT2D eigenvalue weighted by Crippen LogP contribution is 2.22. The molecule has 0 bridgehead atoms. The summed E-state index contributed by atoms with van der Waals surface area (Å²) in [6.07, 6.45) is 6.84. The van der Waals surface area contributed by atoms with E-state index in [9.17, 15) is 4.79 Å². The number of Topliss-reactive ketones (excluding diaryl/α,β-unsaturated/α-hetero) is 1. The minimum atomic E-state index is 0.194. The van der Waals surface area contributed by atoms with Crippen molar-refractivity contribution < 1.29 is 4.79 Å². The van der Waals surface area contributed by atoms with Gasteiger partial charge in [0.1, 0.15) is 5.69 Å². The minimum absolute atomic E-state index is 0.194. The number of hydrogen-bond donors (Lipinski definition) is 0. The number of ketones is 1. The van der Waals surface area contributed by atoms with Crippen LogP contribution in [0, 0.1) is 0 Å². The average molecular weight is 301 g/mol. The average Bonchev–Trinajstić information content (AvgIpc) is 2.66. The highest BCUT2D eigenvalue weighted by molar-refractivity contribution is 9.10. The van der Waals surface area contributed by atoms with Gasteiger partial charge in [-0.3, -0.25) is 9.48 Å². The van der Waals surface area contributed by atoms with Crippen LogP contribution in [0.15, 0.2) is 10.7 Å². The Balaban J connectivity index is 2.65. The predicted octanol–water partition coefficient (Wildman–Crippen LogP) is 4.38. The maximum atomic E-state index is 12.1. The third kappa shape index (κ3) is 3.95. The molecule has 0 radical (unpaired) electrons. The van der Waals surface area contributed by atoms with E-state index in [2.05, 4.69) is 28.0 Å². The molecule has 0 amide bonds. The summed E-state index contributed by atoms with van der Waals surface area (Å²) in [5.74, 6) is 0.194. The molecule has 1 heterocycles. The van der Waals surface area contributed by atoms with Crippen LogP contribution in [0.3, 0.4) is 0 Å². The molecule has 1 aromatic heterocycles. The molecule has 0 aliphatic rings. The molecule has 0 atom stereocenters. The highest BCUT2D eigenvalue weighted by Gasteiger charge is 2.18. The normalized spacial score (nSPS) is 11.1. The summed E-state index contributed by atoms with van der Waals surface area (Å²) in [5, 5.41) is 4.23. The molecule has 96 valence electrons. The molecule has 0 saturated heterocycles. The Kier molecular flexibility index (Phi) is 5.89. The molecular formula is C13H21BrN2O. The van der Waals surface area contributed by atoms with E-state index in [1.807, 2.05) is 13.8 Å². The molecule has 1 aromatic rings. The van der Waals surface area contributed by atoms with Gasteiger partial charge < -0.3 is 0 Å². The molecule has 0 unspecified atom stereocenters. The summed E-state index contributed by atoms with van der Waals surface area (Å²) in [6, 6.07) is 0.218. The van der Waals surface area contributed by atoms with Crippen LogP contribution < -0.4 is 0 Å². The molecule has 0 aliphatic heterocycles. The summed E-state index contributed by atoms with van der Waals surface area (Å²) in [6.45, 7) is 6.24. The van der Waals surface area contributed by atoms with E-state index >= 15 is 0 Å². The predicted molar refractivity (Wildman–Crippen MR) is 73.4 cm³/mol. The van der Waals surface area contributed by atoms with Crippen LogP contribution in [0.1, 0.15) is 69.4 Å². The number of carbonyl (C=O) groups excluding carboxylic acids is 1. The summed E-state index contributed by atoms with van der Waals surface area (Å²) >= 11 is 3.40. The van der Waals surface area contributed by atoms with E-state index in [1.54, 1.807) is 10.9 Å². The maximum Gasteiger partial charge on any atom is 0.182 e. The van der Waals surface area contributed by atoms with Crippen LogP contribution in [-0.2, 0) is 0 Å². The lowest BCUT2D eigenvalue weighted by atomic mass is 10.1. The van der Waals surface area contributed by atoms with E-state index in [4.69, 9.17) is 0 Å². The van der Waals surface area contributed by atoms with E-state index in [-0.39, 0.29) is 11.8 Å². The topological polar surface area (TPSA) is 34.9 Å². The Morgan fingerprint density at radius 3 is 2.71 bits per heavy atom. The van der Waals surface area contributed by atoms with Crippen molar-refractivity contribution in [1.29, 1.82) is 0 Å². The van der Waals surface area contributed by atoms with E-state index in [0.29, 0.717) is 6.42 Å². The molecule has 1 rings (SSSR count). The van der Waals surface area contributed by atoms with Crippen LogP contribution in [0.25, 0.3) is 0 Å². The fourth-order valence-corrected chi connectivity index (χ4v) is 2.32. The van der Waals surface area contributed by atoms with Gasteiger partial charge in [0.15, 0.2) is 5.78 Å². The third-order valence-corrected chi connectivity index (χ3v) is 3.34. The second kappa shape index (κ2) is 6.94. The van der Waals surface area contributed by atoms with Gasteiger partial charge in [-0.1, -0.05) is 26.2 Å². The monoisotopic (exact) mass is 300 g/mol. The molecule has 3 nitrogen and oxygen atoms in total. The fraction of sp³-hybridized carbons (Fsp3) is 0.692. The van der Waals surface area contributed by atoms with Crippen LogP contribution in [0.5, 0.6) is 0 Å². The molecule has 17 heavy (non-hydrogen) atoms. The van der Waals surface area contributed by atoms with Gasteiger partial charge >= 0.3 is 0 Å². The van der Waals surface area contributed by atoms with Crippen LogP contribution >= 0.6 is 15.9 Å². The largest absolute Gasteiger partial charge is 0.292 e. The summed E-state index contributed by atoms with van der Waals surface area (Å²) in [7, 11) is 0. The Bertz CT molecular complexity index is 371. The van der Waals surface area contributed by atoms with E-state index < -0.39 is 0 Å². The Hall–Kier alpha value is -0.640. The van der Waals surface area contributed by atoms with Crippen molar-refractivity contribution in [2.45, 2.75) is 58.9 Å². The molecule has 0 N–H and O–H groups in total. The Labute approximate surface area is 112 Å². The second-order valence-electron chi connectivity index (χ2n) is 4.61. The number of carbonyl (C=O) groups is 1. The standard InChI is InChI=1S/C13H21BrN2O/c1-4-5-6-7-8-12(17)13-11(14)9-15-16(13)10(2)3/h9-10H,4-8H2,1-3H3. The molecule has 0 saturated carbocycles. The zero-order chi connectivity index (χ0) is 12.8. The van der Waals surface area contributed by atoms with Crippen molar-refractivity contribution in [3.8, 4) is 0 Å². The zero-order valence-corrected chi connectivity index (χ0v) is 12.5. The first-order chi connectivity index (χ1) is 8.07. The van der Waals surface area contributed by atoms with Crippen molar-refractivity contribution in [2.24, 2.45) is 0 Å². The van der Waals surface area contributed by atoms with Gasteiger partial charge in [-0.05, 0) is 36.2 Å². The van der Waals surface area contributed by atoms with Crippen molar-refractivity contribution in [3.05, 3.63) is 16.4 Å². The Morgan fingerprint density at radius 2 is 2.12 bits per heavy atom. The smallest absolute Gasteiger partial charge is 0.182 e. The number of hydrogen-bond acceptors (Lipinski definition) is 2. The van der Waals surface area contributed by atoms with Crippen LogP contribution in [0.2, 0.25) is 0 Å². The third-order valence-electron chi connectivity index (χ3n) is 2.76. The van der Waals surface area contributed by atoms with Gasteiger partial charge in [0.05, 0.1) is 10.7 Å². The quantitative estimate of drug-likeness (QED) is 0.553. The van der Waals surface area contributed by atoms with E-state index in [1.165, 1.54) is 12.8 Å². The summed E-state index contributed by atoms with van der Waals surface area (Å²) < 4.78 is 2.61. The molecule has 4 heteroatoms. The number of unbranched alkanes of at least 4 members (excludes halogenated alkanes) is 3. The number of rotatable bonds is 7. The SMILES string of the molecule is CCCCCCC(=O)c1c(Br)cnn1C(C)C. The summed E-state index contributed by atoms with van der Waals surface area (Å²) in [5.41, 5.74) is 0.719. The van der Waals surface area contributed by atoms with Gasteiger partial charge in [0, 0.05) is 12.5 Å². The number of aromatic nitrogens is 2. The van der Waals surface area contributed by atoms with Gasteiger partial charge in [0.2, 0.25) is 0 Å². The lowest BCUT2D eigenvalue weighted by Gasteiger charge is -2.10. The van der Waals surface area contributed by atoms with Crippen molar-refractivity contribution in [2.75, 3.05) is 0 Å². The number of nitrogens with zero attached hydrogens (tertiary/aromatic N) is 2. The van der Waals surface area contributed by atoms with E-state index in [0.717, 1.165) is 23.0 Å². The molecule has 0 aromatic carbocycles. The lowest BCUT2D eigenvalue weighted by Crippen LogP contribution is -2.13. The van der Waals surface area contributed by atoms with Gasteiger partial charge in [-0.2, -0.15) is 5.10 Å². The molecular weight excluding hydrogens is 280 g/mol.